The van der Waals surface area contributed by atoms with Gasteiger partial charge in [-0.3, -0.25) is 9.59 Å². The topological polar surface area (TPSA) is 87.7 Å². The Hall–Kier alpha value is -4.37. The molecule has 6 nitrogen and oxygen atoms in total. The van der Waals surface area contributed by atoms with Gasteiger partial charge in [0, 0.05) is 29.4 Å². The summed E-state index contributed by atoms with van der Waals surface area (Å²) in [7, 11) is 1.51. The third-order valence-corrected chi connectivity index (χ3v) is 5.81. The lowest BCUT2D eigenvalue weighted by Crippen LogP contribution is -2.34. The Morgan fingerprint density at radius 3 is 2.51 bits per heavy atom. The molecule has 0 spiro atoms. The van der Waals surface area contributed by atoms with Crippen LogP contribution in [0.4, 0.5) is 24.5 Å². The van der Waals surface area contributed by atoms with E-state index in [0.29, 0.717) is 39.4 Å². The maximum Gasteiger partial charge on any atom is 0.416 e. The van der Waals surface area contributed by atoms with Gasteiger partial charge in [0.05, 0.1) is 12.7 Å². The summed E-state index contributed by atoms with van der Waals surface area (Å²) >= 11 is 0. The predicted molar refractivity (Wildman–Crippen MR) is 134 cm³/mol. The van der Waals surface area contributed by atoms with Crippen molar-refractivity contribution in [3.63, 3.8) is 0 Å². The number of aliphatic hydroxyl groups excluding tert-OH is 1. The van der Waals surface area contributed by atoms with E-state index < -0.39 is 29.7 Å². The molecule has 190 valence electrons. The quantitative estimate of drug-likeness (QED) is 0.316. The molecule has 0 radical (unpaired) electrons. The van der Waals surface area contributed by atoms with Crippen LogP contribution < -0.4 is 15.4 Å². The van der Waals surface area contributed by atoms with E-state index in [0.717, 1.165) is 12.1 Å². The van der Waals surface area contributed by atoms with Gasteiger partial charge in [0.15, 0.2) is 0 Å². The van der Waals surface area contributed by atoms with Crippen LogP contribution in [-0.4, -0.2) is 30.1 Å². The molecule has 0 fully saturated rings. The number of hydrogen-bond donors (Lipinski definition) is 3. The monoisotopic (exact) mass is 508 g/mol. The zero-order valence-corrected chi connectivity index (χ0v) is 19.7. The average Bonchev–Trinajstić information content (AvgIpc) is 2.87. The zero-order valence-electron chi connectivity index (χ0n) is 19.7. The van der Waals surface area contributed by atoms with Crippen molar-refractivity contribution in [1.82, 2.24) is 0 Å². The Morgan fingerprint density at radius 2 is 1.81 bits per heavy atom. The van der Waals surface area contributed by atoms with Crippen molar-refractivity contribution >= 4 is 28.8 Å². The summed E-state index contributed by atoms with van der Waals surface area (Å²) in [4.78, 5) is 24.3. The summed E-state index contributed by atoms with van der Waals surface area (Å²) in [5.41, 5.74) is 2.60. The second kappa shape index (κ2) is 10.7. The van der Waals surface area contributed by atoms with Crippen LogP contribution in [0, 0.1) is 0 Å². The molecule has 37 heavy (non-hydrogen) atoms. The number of allylic oxidation sites excluding steroid dienone is 2. The van der Waals surface area contributed by atoms with E-state index in [1.54, 1.807) is 48.5 Å². The average molecular weight is 508 g/mol. The molecule has 0 aromatic heterocycles. The normalized spacial score (nSPS) is 15.8. The maximum atomic E-state index is 13.0. The number of amides is 2. The van der Waals surface area contributed by atoms with E-state index in [2.05, 4.69) is 10.6 Å². The molecule has 0 saturated carbocycles. The molecule has 0 aliphatic carbocycles. The predicted octanol–water partition coefficient (Wildman–Crippen LogP) is 5.20. The summed E-state index contributed by atoms with van der Waals surface area (Å²) in [6.07, 6.45) is -1.20. The number of carbonyl (C=O) groups is 2. The highest BCUT2D eigenvalue weighted by Crippen LogP contribution is 2.32. The molecular formula is C28H23F3N2O4. The van der Waals surface area contributed by atoms with Crippen LogP contribution in [0.2, 0.25) is 0 Å². The summed E-state index contributed by atoms with van der Waals surface area (Å²) < 4.78 is 44.4. The minimum Gasteiger partial charge on any atom is -0.497 e. The minimum atomic E-state index is -4.45. The van der Waals surface area contributed by atoms with Crippen LogP contribution >= 0.6 is 0 Å². The Labute approximate surface area is 211 Å². The Bertz CT molecular complexity index is 1380. The molecule has 3 aromatic rings. The smallest absolute Gasteiger partial charge is 0.416 e. The fourth-order valence-corrected chi connectivity index (χ4v) is 3.94. The number of carbonyl (C=O) groups excluding carboxylic acids is 2. The molecule has 2 amide bonds. The first-order chi connectivity index (χ1) is 17.7. The van der Waals surface area contributed by atoms with Crippen LogP contribution in [0.15, 0.2) is 85.0 Å². The lowest BCUT2D eigenvalue weighted by Gasteiger charge is -2.23. The fraction of sp³-hybridized carbons (Fsp3) is 0.143. The Balaban J connectivity index is 1.60. The van der Waals surface area contributed by atoms with Gasteiger partial charge in [-0.15, -0.1) is 0 Å². The number of methoxy groups -OCH3 is 1. The van der Waals surface area contributed by atoms with Crippen molar-refractivity contribution in [3.05, 3.63) is 107 Å². The number of rotatable bonds is 6. The van der Waals surface area contributed by atoms with Gasteiger partial charge >= 0.3 is 6.18 Å². The van der Waals surface area contributed by atoms with Crippen molar-refractivity contribution in [3.8, 4) is 5.75 Å². The number of ether oxygens (including phenoxy) is 1. The second-order valence-electron chi connectivity index (χ2n) is 8.28. The number of halogens is 3. The van der Waals surface area contributed by atoms with E-state index in [1.165, 1.54) is 31.4 Å². The third kappa shape index (κ3) is 6.07. The van der Waals surface area contributed by atoms with Gasteiger partial charge in [-0.1, -0.05) is 42.5 Å². The molecule has 1 atom stereocenters. The van der Waals surface area contributed by atoms with Gasteiger partial charge in [-0.25, -0.2) is 0 Å². The molecule has 0 bridgehead atoms. The van der Waals surface area contributed by atoms with Crippen LogP contribution in [0.25, 0.3) is 5.57 Å². The largest absolute Gasteiger partial charge is 0.497 e. The summed E-state index contributed by atoms with van der Waals surface area (Å²) in [5, 5.41) is 15.2. The lowest BCUT2D eigenvalue weighted by atomic mass is 9.96. The molecule has 1 unspecified atom stereocenters. The van der Waals surface area contributed by atoms with Crippen molar-refractivity contribution < 1.29 is 32.6 Å². The second-order valence-corrected chi connectivity index (χ2v) is 8.28. The Morgan fingerprint density at radius 1 is 1.08 bits per heavy atom. The SMILES string of the molecule is COc1cccc(/C(=C\C=C\C(=O)Nc2cccc3c2CC(O)C(=O)N3)c2ccc(C(F)(F)F)cc2)c1. The molecule has 1 aliphatic heterocycles. The number of alkyl halides is 3. The zero-order chi connectivity index (χ0) is 26.6. The van der Waals surface area contributed by atoms with Crippen LogP contribution in [0.1, 0.15) is 22.3 Å². The van der Waals surface area contributed by atoms with E-state index in [-0.39, 0.29) is 6.42 Å². The van der Waals surface area contributed by atoms with E-state index in [4.69, 9.17) is 4.74 Å². The summed E-state index contributed by atoms with van der Waals surface area (Å²) in [6.45, 7) is 0. The first-order valence-corrected chi connectivity index (χ1v) is 11.3. The molecular weight excluding hydrogens is 485 g/mol. The minimum absolute atomic E-state index is 0.0646. The van der Waals surface area contributed by atoms with Gasteiger partial charge in [-0.2, -0.15) is 13.2 Å². The van der Waals surface area contributed by atoms with Crippen LogP contribution in [0.5, 0.6) is 5.75 Å². The number of anilines is 2. The van der Waals surface area contributed by atoms with Gasteiger partial charge < -0.3 is 20.5 Å². The molecule has 9 heteroatoms. The van der Waals surface area contributed by atoms with E-state index in [9.17, 15) is 27.9 Å². The third-order valence-electron chi connectivity index (χ3n) is 5.81. The maximum absolute atomic E-state index is 13.0. The van der Waals surface area contributed by atoms with Crippen LogP contribution in [0.3, 0.4) is 0 Å². The number of benzene rings is 3. The van der Waals surface area contributed by atoms with Crippen molar-refractivity contribution in [2.75, 3.05) is 17.7 Å². The van der Waals surface area contributed by atoms with Crippen molar-refractivity contribution in [2.24, 2.45) is 0 Å². The summed E-state index contributed by atoms with van der Waals surface area (Å²) in [6, 6.07) is 16.8. The molecule has 0 saturated heterocycles. The number of aliphatic hydroxyl groups is 1. The molecule has 1 heterocycles. The van der Waals surface area contributed by atoms with Gasteiger partial charge in [0.25, 0.3) is 5.91 Å². The molecule has 3 aromatic carbocycles. The van der Waals surface area contributed by atoms with E-state index in [1.807, 2.05) is 0 Å². The highest BCUT2D eigenvalue weighted by Gasteiger charge is 2.30. The summed E-state index contributed by atoms with van der Waals surface area (Å²) in [5.74, 6) is -0.400. The number of nitrogens with one attached hydrogen (secondary N) is 2. The van der Waals surface area contributed by atoms with Gasteiger partial charge in [0.2, 0.25) is 5.91 Å². The number of fused-ring (bicyclic) bond motifs is 1. The van der Waals surface area contributed by atoms with Crippen molar-refractivity contribution in [2.45, 2.75) is 18.7 Å². The molecule has 3 N–H and O–H groups in total. The highest BCUT2D eigenvalue weighted by atomic mass is 19.4. The van der Waals surface area contributed by atoms with Crippen LogP contribution in [-0.2, 0) is 22.2 Å². The van der Waals surface area contributed by atoms with Gasteiger partial charge in [0.1, 0.15) is 11.9 Å². The standard InChI is InChI=1S/C28H23F3N2O4/c1-37-20-6-2-5-18(15-20)21(17-11-13-19(14-12-17)28(29,30)31)7-3-10-26(35)32-23-8-4-9-24-22(23)16-25(34)27(36)33-24/h2-15,25,34H,16H2,1H3,(H,32,35)(H,33,36)/b10-3+,21-7-. The van der Waals surface area contributed by atoms with Gasteiger partial charge in [-0.05, 0) is 53.1 Å². The lowest BCUT2D eigenvalue weighted by molar-refractivity contribution is -0.137. The first-order valence-electron chi connectivity index (χ1n) is 11.3. The number of hydrogen-bond acceptors (Lipinski definition) is 4. The molecule has 1 aliphatic rings. The Kier molecular flexibility index (Phi) is 7.45. The fourth-order valence-electron chi connectivity index (χ4n) is 3.94. The first kappa shape index (κ1) is 25.7. The highest BCUT2D eigenvalue weighted by molar-refractivity contribution is 6.03. The van der Waals surface area contributed by atoms with E-state index >= 15 is 0 Å². The van der Waals surface area contributed by atoms with Crippen molar-refractivity contribution in [1.29, 1.82) is 0 Å². The molecule has 4 rings (SSSR count).